The first-order valence-electron chi connectivity index (χ1n) is 6.36. The summed E-state index contributed by atoms with van der Waals surface area (Å²) in [4.78, 5) is 34.5. The summed E-state index contributed by atoms with van der Waals surface area (Å²) < 4.78 is 4.43. The molecule has 1 atom stereocenters. The zero-order valence-electron chi connectivity index (χ0n) is 12.3. The highest BCUT2D eigenvalue weighted by atomic mass is 16.5. The molecule has 2 N–H and O–H groups in total. The van der Waals surface area contributed by atoms with E-state index in [1.165, 1.54) is 13.2 Å². The monoisotopic (exact) mass is 282 g/mol. The quantitative estimate of drug-likeness (QED) is 0.406. The molecule has 0 saturated carbocycles. The van der Waals surface area contributed by atoms with Crippen molar-refractivity contribution < 1.29 is 19.1 Å². The van der Waals surface area contributed by atoms with E-state index in [1.807, 2.05) is 6.92 Å². The van der Waals surface area contributed by atoms with Gasteiger partial charge in [0.2, 0.25) is 11.8 Å². The number of carbonyl (C=O) groups excluding carboxylic acids is 3. The molecule has 0 radical (unpaired) electrons. The molecule has 0 heterocycles. The van der Waals surface area contributed by atoms with E-state index < -0.39 is 17.9 Å². The Labute approximate surface area is 119 Å². The van der Waals surface area contributed by atoms with Gasteiger partial charge < -0.3 is 15.4 Å². The number of carbonyl (C=O) groups is 3. The Kier molecular flexibility index (Phi) is 8.74. The zero-order chi connectivity index (χ0) is 15.5. The van der Waals surface area contributed by atoms with Crippen molar-refractivity contribution in [2.24, 2.45) is 5.92 Å². The molecule has 0 unspecified atom stereocenters. The number of methoxy groups -OCH3 is 1. The SMILES string of the molecule is C/C=C/C=C/C(=O)N[C@H](C(=O)NCC(=O)OC)C(C)C. The topological polar surface area (TPSA) is 84.5 Å². The predicted octanol–water partition coefficient (Wildman–Crippen LogP) is 0.549. The van der Waals surface area contributed by atoms with Gasteiger partial charge in [0.05, 0.1) is 7.11 Å². The third kappa shape index (κ3) is 7.35. The minimum atomic E-state index is -0.706. The van der Waals surface area contributed by atoms with Crippen molar-refractivity contribution in [1.82, 2.24) is 10.6 Å². The lowest BCUT2D eigenvalue weighted by Crippen LogP contribution is -2.50. The minimum Gasteiger partial charge on any atom is -0.468 e. The summed E-state index contributed by atoms with van der Waals surface area (Å²) in [6, 6.07) is -0.706. The lowest BCUT2D eigenvalue weighted by Gasteiger charge is -2.20. The van der Waals surface area contributed by atoms with Gasteiger partial charge in [0.1, 0.15) is 12.6 Å². The van der Waals surface area contributed by atoms with Crippen molar-refractivity contribution in [1.29, 1.82) is 0 Å². The molecular formula is C14H22N2O4. The first-order chi connectivity index (χ1) is 9.42. The summed E-state index contributed by atoms with van der Waals surface area (Å²) in [6.07, 6.45) is 6.41. The van der Waals surface area contributed by atoms with E-state index in [9.17, 15) is 14.4 Å². The van der Waals surface area contributed by atoms with Crippen LogP contribution in [0, 0.1) is 5.92 Å². The predicted molar refractivity (Wildman–Crippen MR) is 75.7 cm³/mol. The van der Waals surface area contributed by atoms with Crippen molar-refractivity contribution in [2.45, 2.75) is 26.8 Å². The molecule has 0 aromatic heterocycles. The van der Waals surface area contributed by atoms with Crippen molar-refractivity contribution in [3.63, 3.8) is 0 Å². The van der Waals surface area contributed by atoms with Gasteiger partial charge in [0.25, 0.3) is 0 Å². The van der Waals surface area contributed by atoms with Crippen LogP contribution in [-0.2, 0) is 19.1 Å². The maximum Gasteiger partial charge on any atom is 0.325 e. The Balaban J connectivity index is 4.52. The van der Waals surface area contributed by atoms with Crippen LogP contribution in [0.3, 0.4) is 0 Å². The molecule has 0 bridgehead atoms. The smallest absolute Gasteiger partial charge is 0.325 e. The third-order valence-corrected chi connectivity index (χ3v) is 2.43. The summed E-state index contributed by atoms with van der Waals surface area (Å²) in [5.74, 6) is -1.43. The van der Waals surface area contributed by atoms with Gasteiger partial charge >= 0.3 is 5.97 Å². The first-order valence-corrected chi connectivity index (χ1v) is 6.36. The second-order valence-corrected chi connectivity index (χ2v) is 4.41. The Hall–Kier alpha value is -2.11. The van der Waals surface area contributed by atoms with Gasteiger partial charge in [-0.15, -0.1) is 0 Å². The molecule has 6 heteroatoms. The fraction of sp³-hybridized carbons (Fsp3) is 0.500. The number of rotatable bonds is 7. The number of allylic oxidation sites excluding steroid dienone is 3. The Bertz CT molecular complexity index is 400. The average Bonchev–Trinajstić information content (AvgIpc) is 2.41. The maximum atomic E-state index is 11.9. The molecule has 6 nitrogen and oxygen atoms in total. The van der Waals surface area contributed by atoms with E-state index in [2.05, 4.69) is 15.4 Å². The number of amides is 2. The number of nitrogens with one attached hydrogen (secondary N) is 2. The average molecular weight is 282 g/mol. The molecule has 0 rings (SSSR count). The Morgan fingerprint density at radius 3 is 2.35 bits per heavy atom. The molecule has 0 aliphatic carbocycles. The van der Waals surface area contributed by atoms with Gasteiger partial charge in [-0.2, -0.15) is 0 Å². The van der Waals surface area contributed by atoms with Crippen LogP contribution in [0.5, 0.6) is 0 Å². The van der Waals surface area contributed by atoms with Gasteiger partial charge in [0.15, 0.2) is 0 Å². The van der Waals surface area contributed by atoms with Crippen LogP contribution in [0.25, 0.3) is 0 Å². The van der Waals surface area contributed by atoms with E-state index in [4.69, 9.17) is 0 Å². The second kappa shape index (κ2) is 9.77. The van der Waals surface area contributed by atoms with E-state index in [0.717, 1.165) is 0 Å². The zero-order valence-corrected chi connectivity index (χ0v) is 12.3. The fourth-order valence-electron chi connectivity index (χ4n) is 1.33. The number of esters is 1. The van der Waals surface area contributed by atoms with E-state index in [1.54, 1.807) is 32.1 Å². The summed E-state index contributed by atoms with van der Waals surface area (Å²) >= 11 is 0. The molecular weight excluding hydrogens is 260 g/mol. The van der Waals surface area contributed by atoms with Crippen LogP contribution in [0.2, 0.25) is 0 Å². The van der Waals surface area contributed by atoms with Gasteiger partial charge in [-0.05, 0) is 12.8 Å². The molecule has 20 heavy (non-hydrogen) atoms. The lowest BCUT2D eigenvalue weighted by molar-refractivity contribution is -0.141. The highest BCUT2D eigenvalue weighted by molar-refractivity contribution is 5.94. The maximum absolute atomic E-state index is 11.9. The molecule has 0 fully saturated rings. The van der Waals surface area contributed by atoms with Crippen LogP contribution in [0.15, 0.2) is 24.3 Å². The molecule has 112 valence electrons. The summed E-state index contributed by atoms with van der Waals surface area (Å²) in [6.45, 7) is 5.22. The normalized spacial score (nSPS) is 12.7. The number of hydrogen-bond acceptors (Lipinski definition) is 4. The molecule has 0 aliphatic heterocycles. The van der Waals surface area contributed by atoms with Crippen LogP contribution in [-0.4, -0.2) is 37.5 Å². The molecule has 0 saturated heterocycles. The Morgan fingerprint density at radius 2 is 1.85 bits per heavy atom. The van der Waals surface area contributed by atoms with Gasteiger partial charge in [-0.25, -0.2) is 0 Å². The van der Waals surface area contributed by atoms with Crippen LogP contribution < -0.4 is 10.6 Å². The highest BCUT2D eigenvalue weighted by Crippen LogP contribution is 2.02. The first kappa shape index (κ1) is 17.9. The summed E-state index contributed by atoms with van der Waals surface area (Å²) in [5.41, 5.74) is 0. The van der Waals surface area contributed by atoms with Crippen molar-refractivity contribution >= 4 is 17.8 Å². The standard InChI is InChI=1S/C14H22N2O4/c1-5-6-7-8-11(17)16-13(10(2)3)14(19)15-9-12(18)20-4/h5-8,10,13H,9H2,1-4H3,(H,15,19)(H,16,17)/b6-5+,8-7+/t13-/m0/s1. The van der Waals surface area contributed by atoms with E-state index >= 15 is 0 Å². The largest absolute Gasteiger partial charge is 0.468 e. The molecule has 0 aromatic rings. The van der Waals surface area contributed by atoms with Crippen molar-refractivity contribution in [3.05, 3.63) is 24.3 Å². The number of ether oxygens (including phenoxy) is 1. The van der Waals surface area contributed by atoms with Crippen molar-refractivity contribution in [2.75, 3.05) is 13.7 Å². The molecule has 0 aliphatic rings. The van der Waals surface area contributed by atoms with E-state index in [-0.39, 0.29) is 18.4 Å². The third-order valence-electron chi connectivity index (χ3n) is 2.43. The van der Waals surface area contributed by atoms with Crippen LogP contribution in [0.1, 0.15) is 20.8 Å². The van der Waals surface area contributed by atoms with Crippen LogP contribution in [0.4, 0.5) is 0 Å². The molecule has 0 aromatic carbocycles. The minimum absolute atomic E-state index is 0.105. The van der Waals surface area contributed by atoms with Gasteiger partial charge in [-0.1, -0.05) is 32.1 Å². The van der Waals surface area contributed by atoms with E-state index in [0.29, 0.717) is 0 Å². The second-order valence-electron chi connectivity index (χ2n) is 4.41. The fourth-order valence-corrected chi connectivity index (χ4v) is 1.33. The molecule has 0 spiro atoms. The Morgan fingerprint density at radius 1 is 1.20 bits per heavy atom. The molecule has 2 amide bonds. The van der Waals surface area contributed by atoms with Gasteiger partial charge in [-0.3, -0.25) is 14.4 Å². The lowest BCUT2D eigenvalue weighted by atomic mass is 10.0. The van der Waals surface area contributed by atoms with Crippen molar-refractivity contribution in [3.8, 4) is 0 Å². The summed E-state index contributed by atoms with van der Waals surface area (Å²) in [5, 5.41) is 5.01. The van der Waals surface area contributed by atoms with Gasteiger partial charge in [0, 0.05) is 6.08 Å². The number of hydrogen-bond donors (Lipinski definition) is 2. The highest BCUT2D eigenvalue weighted by Gasteiger charge is 2.23. The summed E-state index contributed by atoms with van der Waals surface area (Å²) in [7, 11) is 1.24. The van der Waals surface area contributed by atoms with Crippen LogP contribution >= 0.6 is 0 Å².